The zero-order chi connectivity index (χ0) is 11.7. The van der Waals surface area contributed by atoms with Crippen LogP contribution in [0.3, 0.4) is 0 Å². The molecule has 0 aliphatic heterocycles. The van der Waals surface area contributed by atoms with Crippen molar-refractivity contribution in [3.63, 3.8) is 0 Å². The minimum absolute atomic E-state index is 0.124. The highest BCUT2D eigenvalue weighted by molar-refractivity contribution is 5.84. The average molecular weight is 216 g/mol. The third-order valence-corrected chi connectivity index (χ3v) is 2.33. The summed E-state index contributed by atoms with van der Waals surface area (Å²) in [6.07, 6.45) is 0. The van der Waals surface area contributed by atoms with Gasteiger partial charge in [-0.05, 0) is 31.5 Å². The Morgan fingerprint density at radius 3 is 2.69 bits per heavy atom. The van der Waals surface area contributed by atoms with E-state index in [4.69, 9.17) is 0 Å². The Balaban J connectivity index is 2.53. The van der Waals surface area contributed by atoms with Gasteiger partial charge in [0.25, 0.3) is 0 Å². The number of hydrogen-bond donors (Lipinski definition) is 0. The highest BCUT2D eigenvalue weighted by atomic mass is 16.4. The number of benzene rings is 1. The molecule has 1 aromatic heterocycles. The Bertz CT molecular complexity index is 546. The maximum Gasteiger partial charge on any atom is 0.131 e. The predicted molar refractivity (Wildman–Crippen MR) is 55.2 cm³/mol. The molecule has 0 aliphatic carbocycles. The van der Waals surface area contributed by atoms with Gasteiger partial charge in [0.05, 0.1) is 17.4 Å². The van der Waals surface area contributed by atoms with Gasteiger partial charge < -0.3 is 9.90 Å². The SMILES string of the molecule is Cc1cccc(-n2nnc(C(=O)[O-])c2C)c1. The van der Waals surface area contributed by atoms with Crippen LogP contribution in [0.5, 0.6) is 0 Å². The molecule has 0 fully saturated rings. The minimum atomic E-state index is -1.31. The van der Waals surface area contributed by atoms with Crippen LogP contribution in [-0.2, 0) is 0 Å². The number of carbonyl (C=O) groups is 1. The van der Waals surface area contributed by atoms with E-state index in [1.54, 1.807) is 6.92 Å². The van der Waals surface area contributed by atoms with E-state index in [9.17, 15) is 9.90 Å². The van der Waals surface area contributed by atoms with Crippen molar-refractivity contribution in [1.29, 1.82) is 0 Å². The lowest BCUT2D eigenvalue weighted by atomic mass is 10.2. The largest absolute Gasteiger partial charge is 0.543 e. The van der Waals surface area contributed by atoms with Gasteiger partial charge in [0.1, 0.15) is 5.69 Å². The number of nitrogens with zero attached hydrogens (tertiary/aromatic N) is 3. The van der Waals surface area contributed by atoms with Gasteiger partial charge in [0.2, 0.25) is 0 Å². The summed E-state index contributed by atoms with van der Waals surface area (Å²) in [5.74, 6) is -1.31. The van der Waals surface area contributed by atoms with Crippen LogP contribution < -0.4 is 5.11 Å². The number of carboxylic acids is 1. The molecule has 0 aliphatic rings. The van der Waals surface area contributed by atoms with Gasteiger partial charge in [0.15, 0.2) is 0 Å². The fraction of sp³-hybridized carbons (Fsp3) is 0.182. The van der Waals surface area contributed by atoms with Gasteiger partial charge in [0, 0.05) is 0 Å². The van der Waals surface area contributed by atoms with Crippen molar-refractivity contribution in [2.75, 3.05) is 0 Å². The van der Waals surface area contributed by atoms with Crippen LogP contribution in [0.1, 0.15) is 21.7 Å². The third-order valence-electron chi connectivity index (χ3n) is 2.33. The number of carboxylic acid groups (broad SMARTS) is 1. The van der Waals surface area contributed by atoms with Crippen LogP contribution in [0.15, 0.2) is 24.3 Å². The molecule has 0 radical (unpaired) electrons. The van der Waals surface area contributed by atoms with Crippen LogP contribution in [-0.4, -0.2) is 21.0 Å². The summed E-state index contributed by atoms with van der Waals surface area (Å²) in [6, 6.07) is 7.58. The second-order valence-corrected chi connectivity index (χ2v) is 3.56. The molecule has 0 N–H and O–H groups in total. The normalized spacial score (nSPS) is 10.4. The number of hydrogen-bond acceptors (Lipinski definition) is 4. The minimum Gasteiger partial charge on any atom is -0.543 e. The molecular weight excluding hydrogens is 206 g/mol. The zero-order valence-corrected chi connectivity index (χ0v) is 8.97. The molecule has 1 aromatic carbocycles. The van der Waals surface area contributed by atoms with Crippen molar-refractivity contribution in [3.8, 4) is 5.69 Å². The number of rotatable bonds is 2. The van der Waals surface area contributed by atoms with E-state index in [1.165, 1.54) is 4.68 Å². The summed E-state index contributed by atoms with van der Waals surface area (Å²) < 4.78 is 1.48. The van der Waals surface area contributed by atoms with Gasteiger partial charge in [-0.15, -0.1) is 5.10 Å². The van der Waals surface area contributed by atoms with Crippen molar-refractivity contribution >= 4 is 5.97 Å². The van der Waals surface area contributed by atoms with Crippen molar-refractivity contribution in [2.24, 2.45) is 0 Å². The second-order valence-electron chi connectivity index (χ2n) is 3.56. The van der Waals surface area contributed by atoms with Crippen LogP contribution >= 0.6 is 0 Å². The van der Waals surface area contributed by atoms with Crippen LogP contribution in [0.25, 0.3) is 5.69 Å². The van der Waals surface area contributed by atoms with Gasteiger partial charge in [-0.3, -0.25) is 0 Å². The van der Waals surface area contributed by atoms with Crippen LogP contribution in [0.4, 0.5) is 0 Å². The summed E-state index contributed by atoms with van der Waals surface area (Å²) in [5, 5.41) is 18.1. The lowest BCUT2D eigenvalue weighted by molar-refractivity contribution is -0.255. The Morgan fingerprint density at radius 2 is 2.12 bits per heavy atom. The number of aromatic nitrogens is 3. The van der Waals surface area contributed by atoms with Crippen molar-refractivity contribution < 1.29 is 9.90 Å². The van der Waals surface area contributed by atoms with E-state index in [0.717, 1.165) is 11.3 Å². The summed E-state index contributed by atoms with van der Waals surface area (Å²) in [7, 11) is 0. The van der Waals surface area contributed by atoms with E-state index >= 15 is 0 Å². The molecule has 0 spiro atoms. The van der Waals surface area contributed by atoms with Crippen LogP contribution in [0, 0.1) is 13.8 Å². The molecule has 5 heteroatoms. The van der Waals surface area contributed by atoms with Crippen molar-refractivity contribution in [1.82, 2.24) is 15.0 Å². The maximum atomic E-state index is 10.7. The summed E-state index contributed by atoms with van der Waals surface area (Å²) in [4.78, 5) is 10.7. The van der Waals surface area contributed by atoms with E-state index in [2.05, 4.69) is 10.3 Å². The first kappa shape index (κ1) is 10.4. The van der Waals surface area contributed by atoms with E-state index in [-0.39, 0.29) is 5.69 Å². The van der Waals surface area contributed by atoms with Crippen molar-refractivity contribution in [3.05, 3.63) is 41.2 Å². The first-order valence-corrected chi connectivity index (χ1v) is 4.80. The van der Waals surface area contributed by atoms with Crippen molar-refractivity contribution in [2.45, 2.75) is 13.8 Å². The van der Waals surface area contributed by atoms with Crippen LogP contribution in [0.2, 0.25) is 0 Å². The molecular formula is C11H10N3O2-. The Kier molecular flexibility index (Phi) is 2.44. The average Bonchev–Trinajstić information content (AvgIpc) is 2.60. The summed E-state index contributed by atoms with van der Waals surface area (Å²) in [6.45, 7) is 3.60. The fourth-order valence-corrected chi connectivity index (χ4v) is 1.52. The van der Waals surface area contributed by atoms with Gasteiger partial charge in [-0.1, -0.05) is 17.3 Å². The van der Waals surface area contributed by atoms with E-state index < -0.39 is 5.97 Å². The number of aromatic carboxylic acids is 1. The molecule has 0 unspecified atom stereocenters. The highest BCUT2D eigenvalue weighted by Crippen LogP contribution is 2.12. The zero-order valence-electron chi connectivity index (χ0n) is 8.97. The Labute approximate surface area is 92.3 Å². The molecule has 1 heterocycles. The lowest BCUT2D eigenvalue weighted by Gasteiger charge is -2.04. The van der Waals surface area contributed by atoms with E-state index in [0.29, 0.717) is 5.69 Å². The fourth-order valence-electron chi connectivity index (χ4n) is 1.52. The molecule has 5 nitrogen and oxygen atoms in total. The third kappa shape index (κ3) is 1.67. The highest BCUT2D eigenvalue weighted by Gasteiger charge is 2.10. The molecule has 82 valence electrons. The predicted octanol–water partition coefficient (Wildman–Crippen LogP) is 0.248. The maximum absolute atomic E-state index is 10.7. The van der Waals surface area contributed by atoms with Gasteiger partial charge in [-0.25, -0.2) is 4.68 Å². The molecule has 16 heavy (non-hydrogen) atoms. The second kappa shape index (κ2) is 3.77. The smallest absolute Gasteiger partial charge is 0.131 e. The molecule has 0 amide bonds. The molecule has 0 saturated carbocycles. The van der Waals surface area contributed by atoms with Gasteiger partial charge >= 0.3 is 0 Å². The monoisotopic (exact) mass is 216 g/mol. The summed E-state index contributed by atoms with van der Waals surface area (Å²) in [5.41, 5.74) is 2.20. The van der Waals surface area contributed by atoms with E-state index in [1.807, 2.05) is 31.2 Å². The molecule has 0 bridgehead atoms. The Hall–Kier alpha value is -2.17. The lowest BCUT2D eigenvalue weighted by Crippen LogP contribution is -2.23. The number of carbonyl (C=O) groups excluding carboxylic acids is 1. The number of aryl methyl sites for hydroxylation is 1. The first-order chi connectivity index (χ1) is 7.59. The standard InChI is InChI=1S/C11H11N3O2/c1-7-4-3-5-9(6-7)14-8(2)10(11(15)16)12-13-14/h3-6H,1-2H3,(H,15,16)/p-1. The summed E-state index contributed by atoms with van der Waals surface area (Å²) >= 11 is 0. The Morgan fingerprint density at radius 1 is 1.38 bits per heavy atom. The topological polar surface area (TPSA) is 70.8 Å². The first-order valence-electron chi connectivity index (χ1n) is 4.80. The van der Waals surface area contributed by atoms with Gasteiger partial charge in [-0.2, -0.15) is 0 Å². The molecule has 0 saturated heterocycles. The molecule has 2 rings (SSSR count). The molecule has 2 aromatic rings. The molecule has 0 atom stereocenters. The quantitative estimate of drug-likeness (QED) is 0.721.